The molecule has 1 N–H and O–H groups in total. The summed E-state index contributed by atoms with van der Waals surface area (Å²) in [5, 5.41) is 11.6. The summed E-state index contributed by atoms with van der Waals surface area (Å²) in [6, 6.07) is 13.5. The van der Waals surface area contributed by atoms with Crippen molar-refractivity contribution in [3.05, 3.63) is 64.2 Å². The second-order valence-corrected chi connectivity index (χ2v) is 5.43. The lowest BCUT2D eigenvalue weighted by Crippen LogP contribution is -2.26. The highest BCUT2D eigenvalue weighted by Crippen LogP contribution is 2.42. The number of benzene rings is 2. The van der Waals surface area contributed by atoms with Crippen LogP contribution in [0.1, 0.15) is 16.7 Å². The summed E-state index contributed by atoms with van der Waals surface area (Å²) in [5.41, 5.74) is 2.21. The predicted molar refractivity (Wildman–Crippen MR) is 75.8 cm³/mol. The highest BCUT2D eigenvalue weighted by Gasteiger charge is 2.38. The minimum Gasteiger partial charge on any atom is -0.496 e. The van der Waals surface area contributed by atoms with Gasteiger partial charge >= 0.3 is 0 Å². The van der Waals surface area contributed by atoms with Gasteiger partial charge in [0.1, 0.15) is 11.4 Å². The van der Waals surface area contributed by atoms with Gasteiger partial charge in [0.05, 0.1) is 7.11 Å². The first-order valence-corrected chi connectivity index (χ1v) is 6.63. The van der Waals surface area contributed by atoms with Crippen LogP contribution in [-0.2, 0) is 18.4 Å². The van der Waals surface area contributed by atoms with Crippen molar-refractivity contribution in [2.24, 2.45) is 0 Å². The normalized spacial score (nSPS) is 16.2. The molecule has 0 radical (unpaired) electrons. The number of hydrogen-bond donors (Lipinski definition) is 1. The van der Waals surface area contributed by atoms with Crippen LogP contribution in [-0.4, -0.2) is 12.2 Å². The van der Waals surface area contributed by atoms with Crippen molar-refractivity contribution < 1.29 is 9.84 Å². The minimum atomic E-state index is -0.931. The summed E-state index contributed by atoms with van der Waals surface area (Å²) in [4.78, 5) is 0. The third-order valence-electron chi connectivity index (χ3n) is 3.75. The number of ether oxygens (including phenoxy) is 1. The molecule has 0 unspecified atom stereocenters. The van der Waals surface area contributed by atoms with Crippen LogP contribution in [0, 0.1) is 0 Å². The van der Waals surface area contributed by atoms with E-state index in [1.54, 1.807) is 25.3 Å². The molecule has 0 heterocycles. The second-order valence-electron chi connectivity index (χ2n) is 5.00. The lowest BCUT2D eigenvalue weighted by molar-refractivity contribution is 0.0457. The smallest absolute Gasteiger partial charge is 0.125 e. The van der Waals surface area contributed by atoms with Crippen LogP contribution in [0.25, 0.3) is 0 Å². The van der Waals surface area contributed by atoms with Crippen molar-refractivity contribution in [3.63, 3.8) is 0 Å². The van der Waals surface area contributed by atoms with Gasteiger partial charge < -0.3 is 9.84 Å². The van der Waals surface area contributed by atoms with Gasteiger partial charge in [-0.1, -0.05) is 35.9 Å². The molecule has 3 heteroatoms. The zero-order valence-electron chi connectivity index (χ0n) is 10.7. The summed E-state index contributed by atoms with van der Waals surface area (Å²) in [7, 11) is 1.61. The van der Waals surface area contributed by atoms with E-state index in [0.29, 0.717) is 23.6 Å². The van der Waals surface area contributed by atoms with E-state index in [4.69, 9.17) is 16.3 Å². The average molecular weight is 275 g/mol. The molecule has 0 bridgehead atoms. The molecule has 3 rings (SSSR count). The number of methoxy groups -OCH3 is 1. The van der Waals surface area contributed by atoms with Gasteiger partial charge in [0.2, 0.25) is 0 Å². The molecule has 2 aromatic carbocycles. The van der Waals surface area contributed by atoms with Crippen LogP contribution in [0.4, 0.5) is 0 Å². The van der Waals surface area contributed by atoms with E-state index in [0.717, 1.165) is 5.56 Å². The fourth-order valence-electron chi connectivity index (χ4n) is 2.83. The van der Waals surface area contributed by atoms with Crippen molar-refractivity contribution in [2.45, 2.75) is 18.4 Å². The topological polar surface area (TPSA) is 29.5 Å². The SMILES string of the molecule is COc1ccc(Cl)cc1C1(O)Cc2ccccc2C1. The Bertz CT molecular complexity index is 597. The van der Waals surface area contributed by atoms with Gasteiger partial charge in [-0.3, -0.25) is 0 Å². The van der Waals surface area contributed by atoms with Gasteiger partial charge in [0, 0.05) is 23.4 Å². The summed E-state index contributed by atoms with van der Waals surface area (Å²) in [6.07, 6.45) is 1.19. The van der Waals surface area contributed by atoms with Crippen molar-refractivity contribution in [1.29, 1.82) is 0 Å². The molecule has 0 atom stereocenters. The lowest BCUT2D eigenvalue weighted by atomic mass is 9.90. The summed E-state index contributed by atoms with van der Waals surface area (Å²) >= 11 is 6.06. The first-order chi connectivity index (χ1) is 9.12. The Kier molecular flexibility index (Phi) is 3.00. The van der Waals surface area contributed by atoms with Crippen molar-refractivity contribution in [2.75, 3.05) is 7.11 Å². The third kappa shape index (κ3) is 2.11. The molecule has 98 valence electrons. The molecule has 1 aliphatic carbocycles. The molecule has 2 nitrogen and oxygen atoms in total. The molecule has 0 amide bonds. The summed E-state index contributed by atoms with van der Waals surface area (Å²) < 4.78 is 5.36. The van der Waals surface area contributed by atoms with E-state index in [-0.39, 0.29) is 0 Å². The van der Waals surface area contributed by atoms with Crippen LogP contribution in [0.5, 0.6) is 5.75 Å². The summed E-state index contributed by atoms with van der Waals surface area (Å²) in [6.45, 7) is 0. The van der Waals surface area contributed by atoms with Crippen LogP contribution in [0.2, 0.25) is 5.02 Å². The van der Waals surface area contributed by atoms with Gasteiger partial charge in [-0.25, -0.2) is 0 Å². The molecule has 0 saturated heterocycles. The first-order valence-electron chi connectivity index (χ1n) is 6.25. The Balaban J connectivity index is 2.06. The van der Waals surface area contributed by atoms with Crippen LogP contribution in [0.15, 0.2) is 42.5 Å². The third-order valence-corrected chi connectivity index (χ3v) is 3.98. The van der Waals surface area contributed by atoms with Gasteiger partial charge in [0.25, 0.3) is 0 Å². The largest absolute Gasteiger partial charge is 0.496 e. The van der Waals surface area contributed by atoms with Gasteiger partial charge in [-0.2, -0.15) is 0 Å². The molecule has 0 spiro atoms. The van der Waals surface area contributed by atoms with Crippen LogP contribution in [0.3, 0.4) is 0 Å². The summed E-state index contributed by atoms with van der Waals surface area (Å²) in [5.74, 6) is 0.680. The maximum Gasteiger partial charge on any atom is 0.125 e. The molecule has 0 aliphatic heterocycles. The van der Waals surface area contributed by atoms with Crippen molar-refractivity contribution in [1.82, 2.24) is 0 Å². The highest BCUT2D eigenvalue weighted by atomic mass is 35.5. The van der Waals surface area contributed by atoms with E-state index in [9.17, 15) is 5.11 Å². The van der Waals surface area contributed by atoms with E-state index in [1.807, 2.05) is 12.1 Å². The molecule has 19 heavy (non-hydrogen) atoms. The van der Waals surface area contributed by atoms with Gasteiger partial charge in [-0.15, -0.1) is 0 Å². The molecular weight excluding hydrogens is 260 g/mol. The van der Waals surface area contributed by atoms with E-state index in [2.05, 4.69) is 12.1 Å². The standard InChI is InChI=1S/C16H15ClO2/c1-19-15-7-6-13(17)8-14(15)16(18)9-11-4-2-3-5-12(11)10-16/h2-8,18H,9-10H2,1H3. The molecule has 1 aliphatic rings. The van der Waals surface area contributed by atoms with Crippen molar-refractivity contribution in [3.8, 4) is 5.75 Å². The molecule has 0 fully saturated rings. The van der Waals surface area contributed by atoms with E-state index in [1.165, 1.54) is 11.1 Å². The van der Waals surface area contributed by atoms with Crippen LogP contribution >= 0.6 is 11.6 Å². The number of halogens is 1. The van der Waals surface area contributed by atoms with Gasteiger partial charge in [-0.05, 0) is 29.3 Å². The molecule has 0 saturated carbocycles. The number of hydrogen-bond acceptors (Lipinski definition) is 2. The molecular formula is C16H15ClO2. The quantitative estimate of drug-likeness (QED) is 0.910. The maximum atomic E-state index is 11.0. The lowest BCUT2D eigenvalue weighted by Gasteiger charge is -2.25. The Morgan fingerprint density at radius 3 is 2.32 bits per heavy atom. The highest BCUT2D eigenvalue weighted by molar-refractivity contribution is 6.30. The molecule has 0 aromatic heterocycles. The fraction of sp³-hybridized carbons (Fsp3) is 0.250. The number of aliphatic hydroxyl groups is 1. The monoisotopic (exact) mass is 274 g/mol. The minimum absolute atomic E-state index is 0.597. The maximum absolute atomic E-state index is 11.0. The second kappa shape index (κ2) is 4.55. The van der Waals surface area contributed by atoms with Gasteiger partial charge in [0.15, 0.2) is 0 Å². The molecule has 2 aromatic rings. The number of fused-ring (bicyclic) bond motifs is 1. The zero-order chi connectivity index (χ0) is 13.5. The van der Waals surface area contributed by atoms with E-state index >= 15 is 0 Å². The Labute approximate surface area is 117 Å². The van der Waals surface area contributed by atoms with Crippen LogP contribution < -0.4 is 4.74 Å². The predicted octanol–water partition coefficient (Wildman–Crippen LogP) is 3.34. The first kappa shape index (κ1) is 12.5. The Morgan fingerprint density at radius 2 is 1.74 bits per heavy atom. The Morgan fingerprint density at radius 1 is 1.11 bits per heavy atom. The Hall–Kier alpha value is -1.51. The van der Waals surface area contributed by atoms with E-state index < -0.39 is 5.60 Å². The number of rotatable bonds is 2. The average Bonchev–Trinajstić information content (AvgIpc) is 2.76. The fourth-order valence-corrected chi connectivity index (χ4v) is 3.00. The van der Waals surface area contributed by atoms with Crippen molar-refractivity contribution >= 4 is 11.6 Å². The zero-order valence-corrected chi connectivity index (χ0v) is 11.4.